The molecule has 0 radical (unpaired) electrons. The Morgan fingerprint density at radius 1 is 1.25 bits per heavy atom. The standard InChI is InChI=1S/C16H21BrN2O/c1-3-9-19-10-8-18-15(19)12-16(2,20)11-13-4-6-14(17)7-5-13/h4-8,10,20H,3,9,11-12H2,1-2H3. The summed E-state index contributed by atoms with van der Waals surface area (Å²) in [6.07, 6.45) is 6.04. The molecule has 0 spiro atoms. The van der Waals surface area contributed by atoms with Crippen molar-refractivity contribution in [2.24, 2.45) is 0 Å². The number of aryl methyl sites for hydroxylation is 1. The van der Waals surface area contributed by atoms with Crippen LogP contribution in [-0.2, 0) is 19.4 Å². The Bertz CT molecular complexity index is 546. The van der Waals surface area contributed by atoms with Crippen molar-refractivity contribution in [2.75, 3.05) is 0 Å². The fourth-order valence-corrected chi connectivity index (χ4v) is 2.66. The summed E-state index contributed by atoms with van der Waals surface area (Å²) in [5.41, 5.74) is 0.344. The molecule has 1 unspecified atom stereocenters. The Hall–Kier alpha value is -1.13. The van der Waals surface area contributed by atoms with Gasteiger partial charge in [0, 0.05) is 36.3 Å². The van der Waals surface area contributed by atoms with E-state index >= 15 is 0 Å². The largest absolute Gasteiger partial charge is 0.389 e. The van der Waals surface area contributed by atoms with E-state index in [9.17, 15) is 5.11 Å². The Kier molecular flexibility index (Phi) is 5.00. The molecule has 0 saturated carbocycles. The first-order chi connectivity index (χ1) is 9.50. The monoisotopic (exact) mass is 336 g/mol. The van der Waals surface area contributed by atoms with Crippen molar-refractivity contribution in [3.8, 4) is 0 Å². The van der Waals surface area contributed by atoms with Gasteiger partial charge in [0.15, 0.2) is 0 Å². The van der Waals surface area contributed by atoms with E-state index in [-0.39, 0.29) is 0 Å². The third-order valence-electron chi connectivity index (χ3n) is 3.30. The molecule has 0 amide bonds. The molecule has 2 rings (SSSR count). The lowest BCUT2D eigenvalue weighted by Gasteiger charge is -2.23. The topological polar surface area (TPSA) is 38.0 Å². The number of halogens is 1. The van der Waals surface area contributed by atoms with Gasteiger partial charge < -0.3 is 9.67 Å². The number of aromatic nitrogens is 2. The first-order valence-corrected chi connectivity index (χ1v) is 7.76. The summed E-state index contributed by atoms with van der Waals surface area (Å²) in [5, 5.41) is 10.6. The molecular weight excluding hydrogens is 316 g/mol. The normalized spacial score (nSPS) is 14.2. The van der Waals surface area contributed by atoms with Crippen LogP contribution in [0.4, 0.5) is 0 Å². The summed E-state index contributed by atoms with van der Waals surface area (Å²) in [5.74, 6) is 0.953. The van der Waals surface area contributed by atoms with Gasteiger partial charge in [-0.2, -0.15) is 0 Å². The first kappa shape index (κ1) is 15.3. The van der Waals surface area contributed by atoms with Crippen LogP contribution in [0.15, 0.2) is 41.1 Å². The van der Waals surface area contributed by atoms with Crippen LogP contribution in [0.5, 0.6) is 0 Å². The van der Waals surface area contributed by atoms with Crippen molar-refractivity contribution in [1.82, 2.24) is 9.55 Å². The zero-order chi connectivity index (χ0) is 14.6. The maximum absolute atomic E-state index is 10.6. The van der Waals surface area contributed by atoms with Gasteiger partial charge in [0.1, 0.15) is 5.82 Å². The van der Waals surface area contributed by atoms with Crippen molar-refractivity contribution in [3.63, 3.8) is 0 Å². The molecule has 0 aliphatic heterocycles. The number of benzene rings is 1. The predicted octanol–water partition coefficient (Wildman–Crippen LogP) is 3.59. The predicted molar refractivity (Wildman–Crippen MR) is 84.7 cm³/mol. The van der Waals surface area contributed by atoms with Gasteiger partial charge in [-0.3, -0.25) is 0 Å². The smallest absolute Gasteiger partial charge is 0.111 e. The fraction of sp³-hybridized carbons (Fsp3) is 0.438. The Morgan fingerprint density at radius 3 is 2.60 bits per heavy atom. The minimum atomic E-state index is -0.787. The lowest BCUT2D eigenvalue weighted by molar-refractivity contribution is 0.0578. The van der Waals surface area contributed by atoms with Gasteiger partial charge in [-0.25, -0.2) is 4.98 Å². The number of hydrogen-bond donors (Lipinski definition) is 1. The highest BCUT2D eigenvalue weighted by Crippen LogP contribution is 2.20. The van der Waals surface area contributed by atoms with Gasteiger partial charge >= 0.3 is 0 Å². The van der Waals surface area contributed by atoms with Crippen molar-refractivity contribution in [3.05, 3.63) is 52.5 Å². The highest BCUT2D eigenvalue weighted by molar-refractivity contribution is 9.10. The number of rotatable bonds is 6. The zero-order valence-corrected chi connectivity index (χ0v) is 13.6. The summed E-state index contributed by atoms with van der Waals surface area (Å²) in [6.45, 7) is 4.97. The van der Waals surface area contributed by atoms with Crippen LogP contribution in [0.3, 0.4) is 0 Å². The highest BCUT2D eigenvalue weighted by Gasteiger charge is 2.23. The molecule has 0 fully saturated rings. The van der Waals surface area contributed by atoms with Gasteiger partial charge in [0.2, 0.25) is 0 Å². The summed E-state index contributed by atoms with van der Waals surface area (Å²) in [6, 6.07) is 8.08. The molecule has 1 aromatic heterocycles. The van der Waals surface area contributed by atoms with E-state index in [1.807, 2.05) is 37.4 Å². The van der Waals surface area contributed by atoms with E-state index in [2.05, 4.69) is 32.4 Å². The quantitative estimate of drug-likeness (QED) is 0.875. The summed E-state index contributed by atoms with van der Waals surface area (Å²) in [7, 11) is 0. The Morgan fingerprint density at radius 2 is 1.95 bits per heavy atom. The lowest BCUT2D eigenvalue weighted by Crippen LogP contribution is -2.31. The van der Waals surface area contributed by atoms with Gasteiger partial charge in [-0.1, -0.05) is 35.0 Å². The SMILES string of the molecule is CCCn1ccnc1CC(C)(O)Cc1ccc(Br)cc1. The minimum absolute atomic E-state index is 0.566. The fourth-order valence-electron chi connectivity index (χ4n) is 2.40. The summed E-state index contributed by atoms with van der Waals surface area (Å²) >= 11 is 3.42. The van der Waals surface area contributed by atoms with E-state index in [4.69, 9.17) is 0 Å². The molecule has 1 aromatic carbocycles. The molecule has 20 heavy (non-hydrogen) atoms. The van der Waals surface area contributed by atoms with Gasteiger partial charge in [-0.15, -0.1) is 0 Å². The third-order valence-corrected chi connectivity index (χ3v) is 3.83. The Balaban J connectivity index is 2.06. The van der Waals surface area contributed by atoms with Crippen molar-refractivity contribution in [1.29, 1.82) is 0 Å². The molecular formula is C16H21BrN2O. The van der Waals surface area contributed by atoms with Crippen LogP contribution in [0, 0.1) is 0 Å². The molecule has 0 aliphatic rings. The minimum Gasteiger partial charge on any atom is -0.389 e. The second kappa shape index (κ2) is 6.55. The molecule has 0 saturated heterocycles. The van der Waals surface area contributed by atoms with Crippen LogP contribution in [0.1, 0.15) is 31.7 Å². The lowest BCUT2D eigenvalue weighted by atomic mass is 9.93. The number of nitrogens with zero attached hydrogens (tertiary/aromatic N) is 2. The second-order valence-electron chi connectivity index (χ2n) is 5.51. The number of aliphatic hydroxyl groups is 1. The zero-order valence-electron chi connectivity index (χ0n) is 12.0. The molecule has 1 N–H and O–H groups in total. The van der Waals surface area contributed by atoms with Crippen LogP contribution < -0.4 is 0 Å². The summed E-state index contributed by atoms with van der Waals surface area (Å²) < 4.78 is 3.18. The average Bonchev–Trinajstić information content (AvgIpc) is 2.79. The molecule has 2 aromatic rings. The molecule has 0 bridgehead atoms. The third kappa shape index (κ3) is 4.18. The maximum Gasteiger partial charge on any atom is 0.111 e. The molecule has 108 valence electrons. The van der Waals surface area contributed by atoms with Crippen molar-refractivity contribution >= 4 is 15.9 Å². The highest BCUT2D eigenvalue weighted by atomic mass is 79.9. The molecule has 3 nitrogen and oxygen atoms in total. The second-order valence-corrected chi connectivity index (χ2v) is 6.43. The van der Waals surface area contributed by atoms with Crippen LogP contribution in [-0.4, -0.2) is 20.3 Å². The molecule has 1 heterocycles. The van der Waals surface area contributed by atoms with E-state index in [0.717, 1.165) is 28.8 Å². The number of hydrogen-bond acceptors (Lipinski definition) is 2. The van der Waals surface area contributed by atoms with E-state index in [1.165, 1.54) is 0 Å². The van der Waals surface area contributed by atoms with Crippen molar-refractivity contribution in [2.45, 2.75) is 45.3 Å². The van der Waals surface area contributed by atoms with Crippen LogP contribution >= 0.6 is 15.9 Å². The van der Waals surface area contributed by atoms with Crippen LogP contribution in [0.2, 0.25) is 0 Å². The Labute approximate surface area is 128 Å². The van der Waals surface area contributed by atoms with E-state index < -0.39 is 5.60 Å². The summed E-state index contributed by atoms with van der Waals surface area (Å²) in [4.78, 5) is 4.37. The molecule has 0 aliphatic carbocycles. The average molecular weight is 337 g/mol. The van der Waals surface area contributed by atoms with E-state index in [0.29, 0.717) is 12.8 Å². The van der Waals surface area contributed by atoms with Gasteiger partial charge in [0.05, 0.1) is 5.60 Å². The van der Waals surface area contributed by atoms with Gasteiger partial charge in [0.25, 0.3) is 0 Å². The first-order valence-electron chi connectivity index (χ1n) is 6.97. The maximum atomic E-state index is 10.6. The molecule has 1 atom stereocenters. The van der Waals surface area contributed by atoms with Gasteiger partial charge in [-0.05, 0) is 31.0 Å². The van der Waals surface area contributed by atoms with Crippen LogP contribution in [0.25, 0.3) is 0 Å². The molecule has 4 heteroatoms. The van der Waals surface area contributed by atoms with E-state index in [1.54, 1.807) is 6.20 Å². The number of imidazole rings is 1. The van der Waals surface area contributed by atoms with Crippen molar-refractivity contribution < 1.29 is 5.11 Å².